The van der Waals surface area contributed by atoms with Gasteiger partial charge in [0.05, 0.1) is 24.3 Å². The van der Waals surface area contributed by atoms with Crippen molar-refractivity contribution in [3.8, 4) is 0 Å². The summed E-state index contributed by atoms with van der Waals surface area (Å²) in [6.07, 6.45) is 0. The van der Waals surface area contributed by atoms with E-state index in [1.165, 1.54) is 13.1 Å². The van der Waals surface area contributed by atoms with Gasteiger partial charge in [-0.1, -0.05) is 0 Å². The van der Waals surface area contributed by atoms with Crippen molar-refractivity contribution in [2.75, 3.05) is 32.1 Å². The number of carbonyl (C=O) groups is 3. The summed E-state index contributed by atoms with van der Waals surface area (Å²) < 4.78 is 5.23. The molecule has 1 unspecified atom stereocenters. The van der Waals surface area contributed by atoms with Crippen molar-refractivity contribution in [3.05, 3.63) is 29.3 Å². The van der Waals surface area contributed by atoms with Gasteiger partial charge in [-0.3, -0.25) is 19.3 Å². The molecular formula is C14H15N3O4. The van der Waals surface area contributed by atoms with Crippen LogP contribution in [0.4, 0.5) is 5.69 Å². The Hall–Kier alpha value is -2.25. The lowest BCUT2D eigenvalue weighted by Crippen LogP contribution is -2.48. The summed E-state index contributed by atoms with van der Waals surface area (Å²) in [5.41, 5.74) is 1.16. The van der Waals surface area contributed by atoms with Crippen LogP contribution in [0, 0.1) is 0 Å². The van der Waals surface area contributed by atoms with E-state index in [0.717, 1.165) is 4.90 Å². The molecule has 1 atom stereocenters. The Morgan fingerprint density at radius 1 is 1.33 bits per heavy atom. The fraction of sp³-hybridized carbons (Fsp3) is 0.357. The van der Waals surface area contributed by atoms with Crippen LogP contribution in [0.25, 0.3) is 0 Å². The van der Waals surface area contributed by atoms with Gasteiger partial charge in [-0.15, -0.1) is 0 Å². The van der Waals surface area contributed by atoms with Crippen molar-refractivity contribution < 1.29 is 19.1 Å². The van der Waals surface area contributed by atoms with Gasteiger partial charge >= 0.3 is 0 Å². The van der Waals surface area contributed by atoms with E-state index in [9.17, 15) is 14.4 Å². The number of hydrogen-bond donors (Lipinski definition) is 2. The second kappa shape index (κ2) is 5.27. The van der Waals surface area contributed by atoms with Gasteiger partial charge in [-0.05, 0) is 18.2 Å². The highest BCUT2D eigenvalue weighted by atomic mass is 16.5. The quantitative estimate of drug-likeness (QED) is 0.739. The van der Waals surface area contributed by atoms with Gasteiger partial charge < -0.3 is 15.4 Å². The number of amides is 3. The van der Waals surface area contributed by atoms with Crippen molar-refractivity contribution in [2.24, 2.45) is 0 Å². The van der Waals surface area contributed by atoms with Crippen LogP contribution in [0.5, 0.6) is 0 Å². The maximum atomic E-state index is 12.1. The monoisotopic (exact) mass is 289 g/mol. The minimum atomic E-state index is -0.410. The summed E-state index contributed by atoms with van der Waals surface area (Å²) in [5.74, 6) is -0.903. The summed E-state index contributed by atoms with van der Waals surface area (Å²) >= 11 is 0. The fourth-order valence-electron chi connectivity index (χ4n) is 2.40. The lowest BCUT2D eigenvalue weighted by molar-refractivity contribution is -0.120. The van der Waals surface area contributed by atoms with Crippen LogP contribution in [0.2, 0.25) is 0 Å². The van der Waals surface area contributed by atoms with Gasteiger partial charge in [0.2, 0.25) is 5.91 Å². The molecule has 2 aliphatic heterocycles. The third kappa shape index (κ3) is 2.41. The van der Waals surface area contributed by atoms with Gasteiger partial charge in [-0.25, -0.2) is 0 Å². The molecule has 1 aromatic rings. The first-order valence-electron chi connectivity index (χ1n) is 6.66. The molecule has 0 radical (unpaired) electrons. The van der Waals surface area contributed by atoms with Crippen LogP contribution in [0.3, 0.4) is 0 Å². The third-order valence-electron chi connectivity index (χ3n) is 3.60. The van der Waals surface area contributed by atoms with Gasteiger partial charge in [-0.2, -0.15) is 0 Å². The van der Waals surface area contributed by atoms with Crippen LogP contribution in [0.15, 0.2) is 18.2 Å². The van der Waals surface area contributed by atoms with E-state index < -0.39 is 6.04 Å². The molecule has 0 saturated carbocycles. The Kier molecular flexibility index (Phi) is 3.44. The van der Waals surface area contributed by atoms with Gasteiger partial charge in [0.25, 0.3) is 11.8 Å². The number of rotatable bonds is 2. The molecule has 3 amide bonds. The zero-order valence-electron chi connectivity index (χ0n) is 11.5. The Labute approximate surface area is 121 Å². The predicted octanol–water partition coefficient (Wildman–Crippen LogP) is -0.161. The number of imide groups is 1. The number of ether oxygens (including phenoxy) is 1. The number of nitrogens with zero attached hydrogens (tertiary/aromatic N) is 1. The number of benzene rings is 1. The Bertz CT molecular complexity index is 623. The molecular weight excluding hydrogens is 274 g/mol. The zero-order valence-corrected chi connectivity index (χ0v) is 11.5. The normalized spacial score (nSPS) is 21.4. The van der Waals surface area contributed by atoms with E-state index in [4.69, 9.17) is 4.74 Å². The molecule has 2 heterocycles. The standard InChI is InChI=1S/C14H15N3O4/c1-17-13(19)9-3-2-8(6-10(9)14(17)20)16-12(18)11-7-21-5-4-15-11/h2-3,6,11,15H,4-5,7H2,1H3,(H,16,18). The summed E-state index contributed by atoms with van der Waals surface area (Å²) in [4.78, 5) is 36.8. The van der Waals surface area contributed by atoms with Crippen molar-refractivity contribution in [3.63, 3.8) is 0 Å². The molecule has 1 aromatic carbocycles. The van der Waals surface area contributed by atoms with E-state index in [0.29, 0.717) is 36.6 Å². The van der Waals surface area contributed by atoms with Crippen molar-refractivity contribution >= 4 is 23.4 Å². The molecule has 21 heavy (non-hydrogen) atoms. The number of carbonyl (C=O) groups excluding carboxylic acids is 3. The molecule has 1 fully saturated rings. The van der Waals surface area contributed by atoms with Crippen LogP contribution >= 0.6 is 0 Å². The van der Waals surface area contributed by atoms with Crippen molar-refractivity contribution in [1.29, 1.82) is 0 Å². The molecule has 7 nitrogen and oxygen atoms in total. The van der Waals surface area contributed by atoms with E-state index in [1.54, 1.807) is 12.1 Å². The first-order valence-corrected chi connectivity index (χ1v) is 6.66. The van der Waals surface area contributed by atoms with Crippen molar-refractivity contribution in [1.82, 2.24) is 10.2 Å². The molecule has 0 spiro atoms. The van der Waals surface area contributed by atoms with Crippen LogP contribution in [0.1, 0.15) is 20.7 Å². The number of hydrogen-bond acceptors (Lipinski definition) is 5. The van der Waals surface area contributed by atoms with Crippen LogP contribution in [-0.4, -0.2) is 55.5 Å². The highest BCUT2D eigenvalue weighted by molar-refractivity contribution is 6.21. The van der Waals surface area contributed by atoms with E-state index >= 15 is 0 Å². The molecule has 0 bridgehead atoms. The average Bonchev–Trinajstić information content (AvgIpc) is 2.73. The SMILES string of the molecule is CN1C(=O)c2ccc(NC(=O)C3COCCN3)cc2C1=O. The smallest absolute Gasteiger partial charge is 0.261 e. The molecule has 3 rings (SSSR count). The van der Waals surface area contributed by atoms with E-state index in [-0.39, 0.29) is 17.7 Å². The summed E-state index contributed by atoms with van der Waals surface area (Å²) in [7, 11) is 1.44. The van der Waals surface area contributed by atoms with E-state index in [1.807, 2.05) is 0 Å². The molecule has 0 aromatic heterocycles. The lowest BCUT2D eigenvalue weighted by Gasteiger charge is -2.22. The Morgan fingerprint density at radius 3 is 2.81 bits per heavy atom. The van der Waals surface area contributed by atoms with Crippen LogP contribution in [-0.2, 0) is 9.53 Å². The maximum absolute atomic E-state index is 12.1. The Balaban J connectivity index is 1.77. The molecule has 110 valence electrons. The minimum absolute atomic E-state index is 0.222. The number of anilines is 1. The first kappa shape index (κ1) is 13.7. The first-order chi connectivity index (χ1) is 10.1. The van der Waals surface area contributed by atoms with Crippen LogP contribution < -0.4 is 10.6 Å². The lowest BCUT2D eigenvalue weighted by atomic mass is 10.1. The highest BCUT2D eigenvalue weighted by Crippen LogP contribution is 2.24. The number of nitrogens with one attached hydrogen (secondary N) is 2. The maximum Gasteiger partial charge on any atom is 0.261 e. The second-order valence-corrected chi connectivity index (χ2v) is 5.00. The third-order valence-corrected chi connectivity index (χ3v) is 3.60. The summed E-state index contributed by atoms with van der Waals surface area (Å²) in [5, 5.41) is 5.78. The second-order valence-electron chi connectivity index (χ2n) is 5.00. The van der Waals surface area contributed by atoms with Gasteiger partial charge in [0.1, 0.15) is 6.04 Å². The number of fused-ring (bicyclic) bond motifs is 1. The fourth-order valence-corrected chi connectivity index (χ4v) is 2.40. The average molecular weight is 289 g/mol. The predicted molar refractivity (Wildman–Crippen MR) is 74.1 cm³/mol. The molecule has 2 N–H and O–H groups in total. The van der Waals surface area contributed by atoms with Gasteiger partial charge in [0.15, 0.2) is 0 Å². The Morgan fingerprint density at radius 2 is 2.10 bits per heavy atom. The minimum Gasteiger partial charge on any atom is -0.378 e. The molecule has 2 aliphatic rings. The highest BCUT2D eigenvalue weighted by Gasteiger charge is 2.33. The van der Waals surface area contributed by atoms with E-state index in [2.05, 4.69) is 10.6 Å². The van der Waals surface area contributed by atoms with Crippen molar-refractivity contribution in [2.45, 2.75) is 6.04 Å². The summed E-state index contributed by atoms with van der Waals surface area (Å²) in [6.45, 7) is 1.53. The summed E-state index contributed by atoms with van der Waals surface area (Å²) in [6, 6.07) is 4.29. The molecule has 1 saturated heterocycles. The molecule has 0 aliphatic carbocycles. The van der Waals surface area contributed by atoms with Gasteiger partial charge in [0, 0.05) is 19.3 Å². The topological polar surface area (TPSA) is 87.7 Å². The largest absolute Gasteiger partial charge is 0.378 e. The zero-order chi connectivity index (χ0) is 15.0. The molecule has 7 heteroatoms. The number of morpholine rings is 1.